The molecule has 2 aliphatic rings. The van der Waals surface area contributed by atoms with Crippen LogP contribution in [0.25, 0.3) is 0 Å². The molecule has 0 saturated carbocycles. The van der Waals surface area contributed by atoms with Gasteiger partial charge in [-0.2, -0.15) is 0 Å². The molecule has 0 radical (unpaired) electrons. The van der Waals surface area contributed by atoms with Crippen LogP contribution >= 0.6 is 0 Å². The van der Waals surface area contributed by atoms with Gasteiger partial charge in [-0.3, -0.25) is 19.3 Å². The number of aliphatic hydroxyl groups is 2. The zero-order valence-electron chi connectivity index (χ0n) is 13.3. The van der Waals surface area contributed by atoms with Gasteiger partial charge in [-0.15, -0.1) is 0 Å². The van der Waals surface area contributed by atoms with Crippen LogP contribution in [0.3, 0.4) is 0 Å². The van der Waals surface area contributed by atoms with Crippen molar-refractivity contribution in [2.45, 2.75) is 63.9 Å². The van der Waals surface area contributed by atoms with Crippen LogP contribution in [0, 0.1) is 0 Å². The van der Waals surface area contributed by atoms with Crippen LogP contribution in [-0.4, -0.2) is 63.4 Å². The fourth-order valence-electron chi connectivity index (χ4n) is 3.44. The second-order valence-corrected chi connectivity index (χ2v) is 5.85. The van der Waals surface area contributed by atoms with Crippen LogP contribution in [-0.2, 0) is 28.6 Å². The summed E-state index contributed by atoms with van der Waals surface area (Å²) in [6.45, 7) is 3.58. The molecule has 2 fully saturated rings. The molecular weight excluding hydrogens is 310 g/mol. The number of fused-ring (bicyclic) bond motifs is 1. The zero-order valence-corrected chi connectivity index (χ0v) is 13.3. The van der Waals surface area contributed by atoms with Gasteiger partial charge >= 0.3 is 17.9 Å². The molecule has 0 bridgehead atoms. The van der Waals surface area contributed by atoms with E-state index in [4.69, 9.17) is 14.2 Å². The molecule has 0 aromatic heterocycles. The number of carbonyl (C=O) groups is 3. The van der Waals surface area contributed by atoms with Crippen molar-refractivity contribution in [1.82, 2.24) is 4.90 Å². The smallest absolute Gasteiger partial charge is 0.305 e. The van der Waals surface area contributed by atoms with Crippen LogP contribution in [0.1, 0.15) is 40.0 Å². The van der Waals surface area contributed by atoms with Gasteiger partial charge in [-0.25, -0.2) is 0 Å². The normalized spacial score (nSPS) is 32.7. The van der Waals surface area contributed by atoms with Gasteiger partial charge in [0.25, 0.3) is 5.79 Å². The number of esters is 3. The number of carbonyl (C=O) groups excluding carboxylic acids is 3. The summed E-state index contributed by atoms with van der Waals surface area (Å²) >= 11 is 0. The Balaban J connectivity index is 2.47. The van der Waals surface area contributed by atoms with E-state index in [1.54, 1.807) is 0 Å². The Bertz CT molecular complexity index is 505. The quantitative estimate of drug-likeness (QED) is 0.508. The lowest BCUT2D eigenvalue weighted by Crippen LogP contribution is -2.68. The van der Waals surface area contributed by atoms with Gasteiger partial charge < -0.3 is 24.4 Å². The zero-order chi connectivity index (χ0) is 17.4. The molecule has 23 heavy (non-hydrogen) atoms. The average molecular weight is 331 g/mol. The first kappa shape index (κ1) is 17.6. The summed E-state index contributed by atoms with van der Waals surface area (Å²) in [5, 5.41) is 20.9. The molecule has 0 aliphatic carbocycles. The molecule has 2 N–H and O–H groups in total. The summed E-state index contributed by atoms with van der Waals surface area (Å²) in [4.78, 5) is 35.8. The lowest BCUT2D eigenvalue weighted by atomic mass is 9.89. The topological polar surface area (TPSA) is 123 Å². The van der Waals surface area contributed by atoms with Gasteiger partial charge in [0.05, 0.1) is 0 Å². The highest BCUT2D eigenvalue weighted by Gasteiger charge is 2.66. The summed E-state index contributed by atoms with van der Waals surface area (Å²) in [7, 11) is 0. The third kappa shape index (κ3) is 3.31. The number of aliphatic hydroxyl groups excluding tert-OH is 1. The molecule has 0 aromatic carbocycles. The molecule has 3 atom stereocenters. The Kier molecular flexibility index (Phi) is 4.65. The monoisotopic (exact) mass is 331 g/mol. The van der Waals surface area contributed by atoms with Crippen LogP contribution in [0.2, 0.25) is 0 Å². The molecule has 2 aliphatic heterocycles. The van der Waals surface area contributed by atoms with E-state index in [1.807, 2.05) is 0 Å². The van der Waals surface area contributed by atoms with Crippen molar-refractivity contribution in [1.29, 1.82) is 0 Å². The second kappa shape index (κ2) is 6.06. The number of hydrogen-bond donors (Lipinski definition) is 2. The third-order valence-corrected chi connectivity index (χ3v) is 3.99. The minimum Gasteiger partial charge on any atom is -0.431 e. The lowest BCUT2D eigenvalue weighted by molar-refractivity contribution is -0.321. The average Bonchev–Trinajstić information content (AvgIpc) is 2.71. The molecule has 3 unspecified atom stereocenters. The lowest BCUT2D eigenvalue weighted by Gasteiger charge is -2.49. The van der Waals surface area contributed by atoms with E-state index in [0.29, 0.717) is 0 Å². The van der Waals surface area contributed by atoms with Gasteiger partial charge in [0.15, 0.2) is 6.04 Å². The minimum absolute atomic E-state index is 0.0153. The van der Waals surface area contributed by atoms with Gasteiger partial charge in [-0.05, 0) is 6.42 Å². The Morgan fingerprint density at radius 2 is 1.52 bits per heavy atom. The summed E-state index contributed by atoms with van der Waals surface area (Å²) in [5.74, 6) is -6.07. The first-order valence-corrected chi connectivity index (χ1v) is 7.34. The van der Waals surface area contributed by atoms with Crippen molar-refractivity contribution in [3.8, 4) is 0 Å². The van der Waals surface area contributed by atoms with Crippen LogP contribution in [0.4, 0.5) is 0 Å². The minimum atomic E-state index is -2.04. The van der Waals surface area contributed by atoms with E-state index in [9.17, 15) is 24.6 Å². The largest absolute Gasteiger partial charge is 0.431 e. The highest BCUT2D eigenvalue weighted by atomic mass is 16.7. The predicted octanol–water partition coefficient (Wildman–Crippen LogP) is -0.753. The van der Waals surface area contributed by atoms with E-state index in [2.05, 4.69) is 0 Å². The van der Waals surface area contributed by atoms with Crippen molar-refractivity contribution < 1.29 is 38.8 Å². The highest BCUT2D eigenvalue weighted by Crippen LogP contribution is 2.46. The number of nitrogens with zero attached hydrogens (tertiary/aromatic N) is 1. The standard InChI is InChI=1S/C14H21NO8/c1-8(16)21-13(20)6-7-15-11(19)4-5-14(12(13)15,22-9(2)17)23-10(3)18/h11-12,19-20H,4-7H2,1-3H3. The molecule has 9 heteroatoms. The van der Waals surface area contributed by atoms with Gasteiger partial charge in [0.1, 0.15) is 6.23 Å². The van der Waals surface area contributed by atoms with E-state index in [-0.39, 0.29) is 25.8 Å². The fraction of sp³-hybridized carbons (Fsp3) is 0.786. The molecule has 130 valence electrons. The SMILES string of the molecule is CC(=O)OC1(O)CCN2C(O)CCC(OC(C)=O)(OC(C)=O)C21. The predicted molar refractivity (Wildman–Crippen MR) is 73.3 cm³/mol. The van der Waals surface area contributed by atoms with Crippen molar-refractivity contribution in [2.24, 2.45) is 0 Å². The Hall–Kier alpha value is -1.71. The first-order valence-electron chi connectivity index (χ1n) is 7.34. The molecule has 0 spiro atoms. The van der Waals surface area contributed by atoms with Crippen molar-refractivity contribution in [3.05, 3.63) is 0 Å². The summed E-state index contributed by atoms with van der Waals surface area (Å²) in [6.07, 6.45) is -0.826. The maximum absolute atomic E-state index is 11.5. The molecule has 9 nitrogen and oxygen atoms in total. The Morgan fingerprint density at radius 1 is 1.00 bits per heavy atom. The number of piperidine rings is 1. The van der Waals surface area contributed by atoms with Gasteiger partial charge in [-0.1, -0.05) is 0 Å². The van der Waals surface area contributed by atoms with Gasteiger partial charge in [0, 0.05) is 40.2 Å². The molecule has 2 rings (SSSR count). The van der Waals surface area contributed by atoms with Crippen LogP contribution in [0.15, 0.2) is 0 Å². The van der Waals surface area contributed by atoms with Gasteiger partial charge in [0.2, 0.25) is 5.79 Å². The number of rotatable bonds is 3. The molecule has 0 aromatic rings. The highest BCUT2D eigenvalue weighted by molar-refractivity contribution is 5.69. The van der Waals surface area contributed by atoms with Crippen molar-refractivity contribution in [2.75, 3.05) is 6.54 Å². The fourth-order valence-corrected chi connectivity index (χ4v) is 3.44. The van der Waals surface area contributed by atoms with Crippen molar-refractivity contribution >= 4 is 17.9 Å². The first-order chi connectivity index (χ1) is 10.6. The summed E-state index contributed by atoms with van der Waals surface area (Å²) in [6, 6.07) is -1.21. The van der Waals surface area contributed by atoms with Crippen LogP contribution < -0.4 is 0 Å². The molecule has 2 saturated heterocycles. The molecule has 0 amide bonds. The maximum atomic E-state index is 11.5. The molecule has 2 heterocycles. The van der Waals surface area contributed by atoms with Crippen molar-refractivity contribution in [3.63, 3.8) is 0 Å². The van der Waals surface area contributed by atoms with E-state index < -0.39 is 41.8 Å². The third-order valence-electron chi connectivity index (χ3n) is 3.99. The maximum Gasteiger partial charge on any atom is 0.305 e. The Morgan fingerprint density at radius 3 is 2.00 bits per heavy atom. The second-order valence-electron chi connectivity index (χ2n) is 5.85. The number of ether oxygens (including phenoxy) is 3. The number of hydrogen-bond acceptors (Lipinski definition) is 9. The molecular formula is C14H21NO8. The summed E-state index contributed by atoms with van der Waals surface area (Å²) in [5.41, 5.74) is 0. The van der Waals surface area contributed by atoms with E-state index >= 15 is 0 Å². The Labute approximate surface area is 133 Å². The summed E-state index contributed by atoms with van der Waals surface area (Å²) < 4.78 is 15.5. The van der Waals surface area contributed by atoms with E-state index in [1.165, 1.54) is 4.90 Å². The van der Waals surface area contributed by atoms with Crippen LogP contribution in [0.5, 0.6) is 0 Å². The van der Waals surface area contributed by atoms with E-state index in [0.717, 1.165) is 20.8 Å².